The van der Waals surface area contributed by atoms with Crippen LogP contribution < -0.4 is 5.73 Å². The van der Waals surface area contributed by atoms with Crippen LogP contribution in [0.4, 0.5) is 13.2 Å². The molecule has 0 saturated carbocycles. The first-order valence-electron chi connectivity index (χ1n) is 3.30. The predicted molar refractivity (Wildman–Crippen MR) is 36.2 cm³/mol. The molecule has 6 heteroatoms. The smallest absolute Gasteiger partial charge is 0.325 e. The summed E-state index contributed by atoms with van der Waals surface area (Å²) in [7, 11) is 0. The molecule has 0 aliphatic rings. The quantitative estimate of drug-likeness (QED) is 0.733. The van der Waals surface area contributed by atoms with Crippen LogP contribution in [0.1, 0.15) is 5.69 Å². The average Bonchev–Trinajstić information content (AvgIpc) is 2.31. The van der Waals surface area contributed by atoms with Crippen molar-refractivity contribution in [2.24, 2.45) is 5.73 Å². The number of nitrogens with zero attached hydrogens (tertiary/aromatic N) is 2. The molecule has 0 aliphatic carbocycles. The Bertz CT molecular complexity index is 253. The second-order valence-electron chi connectivity index (χ2n) is 2.30. The van der Waals surface area contributed by atoms with Crippen LogP contribution in [0.5, 0.6) is 0 Å². The summed E-state index contributed by atoms with van der Waals surface area (Å²) in [5.41, 5.74) is 5.57. The molecule has 0 bridgehead atoms. The van der Waals surface area contributed by atoms with Crippen molar-refractivity contribution in [3.05, 3.63) is 18.0 Å². The lowest BCUT2D eigenvalue weighted by molar-refractivity contribution is -0.143. The van der Waals surface area contributed by atoms with Gasteiger partial charge in [-0.15, -0.1) is 0 Å². The normalized spacial score (nSPS) is 12.0. The minimum absolute atomic E-state index is 0.0656. The highest BCUT2D eigenvalue weighted by atomic mass is 19.4. The van der Waals surface area contributed by atoms with Gasteiger partial charge in [-0.1, -0.05) is 0 Å². The Kier molecular flexibility index (Phi) is 2.37. The molecule has 1 rings (SSSR count). The van der Waals surface area contributed by atoms with Crippen molar-refractivity contribution in [2.45, 2.75) is 19.3 Å². The van der Waals surface area contributed by atoms with E-state index in [0.29, 0.717) is 5.69 Å². The molecule has 68 valence electrons. The van der Waals surface area contributed by atoms with Crippen molar-refractivity contribution in [1.82, 2.24) is 9.78 Å². The number of hydrogen-bond donors (Lipinski definition) is 1. The molecule has 0 amide bonds. The molecular formula is C6H8F3N3. The summed E-state index contributed by atoms with van der Waals surface area (Å²) in [6.07, 6.45) is -2.94. The lowest BCUT2D eigenvalue weighted by Crippen LogP contribution is -2.21. The Hall–Kier alpha value is -1.04. The highest BCUT2D eigenvalue weighted by Crippen LogP contribution is 2.17. The van der Waals surface area contributed by atoms with E-state index < -0.39 is 12.7 Å². The Morgan fingerprint density at radius 1 is 1.50 bits per heavy atom. The van der Waals surface area contributed by atoms with Gasteiger partial charge in [-0.05, 0) is 6.07 Å². The van der Waals surface area contributed by atoms with Gasteiger partial charge in [0.1, 0.15) is 6.54 Å². The highest BCUT2D eigenvalue weighted by molar-refractivity contribution is 4.99. The van der Waals surface area contributed by atoms with Crippen LogP contribution in [0.25, 0.3) is 0 Å². The van der Waals surface area contributed by atoms with Gasteiger partial charge in [-0.3, -0.25) is 4.68 Å². The molecule has 0 saturated heterocycles. The molecule has 12 heavy (non-hydrogen) atoms. The maximum Gasteiger partial charge on any atom is 0.408 e. The molecule has 2 N–H and O–H groups in total. The molecule has 0 aromatic carbocycles. The van der Waals surface area contributed by atoms with Gasteiger partial charge in [0.05, 0.1) is 5.69 Å². The molecule has 1 aromatic rings. The zero-order valence-corrected chi connectivity index (χ0v) is 6.17. The topological polar surface area (TPSA) is 43.8 Å². The number of hydrogen-bond acceptors (Lipinski definition) is 2. The number of alkyl halides is 3. The Morgan fingerprint density at radius 2 is 2.17 bits per heavy atom. The second-order valence-corrected chi connectivity index (χ2v) is 2.30. The van der Waals surface area contributed by atoms with Crippen molar-refractivity contribution in [3.8, 4) is 0 Å². The minimum atomic E-state index is -4.24. The highest BCUT2D eigenvalue weighted by Gasteiger charge is 2.28. The summed E-state index contributed by atoms with van der Waals surface area (Å²) in [4.78, 5) is 0. The maximum atomic E-state index is 11.8. The van der Waals surface area contributed by atoms with Gasteiger partial charge in [0.25, 0.3) is 0 Å². The molecule has 0 spiro atoms. The van der Waals surface area contributed by atoms with Crippen LogP contribution in [0, 0.1) is 0 Å². The summed E-state index contributed by atoms with van der Waals surface area (Å²) >= 11 is 0. The van der Waals surface area contributed by atoms with Crippen LogP contribution >= 0.6 is 0 Å². The van der Waals surface area contributed by atoms with Crippen molar-refractivity contribution >= 4 is 0 Å². The van der Waals surface area contributed by atoms with Crippen molar-refractivity contribution in [3.63, 3.8) is 0 Å². The molecule has 0 radical (unpaired) electrons. The molecular weight excluding hydrogens is 171 g/mol. The second kappa shape index (κ2) is 3.14. The van der Waals surface area contributed by atoms with E-state index in [0.717, 1.165) is 4.68 Å². The van der Waals surface area contributed by atoms with Gasteiger partial charge in [0, 0.05) is 12.7 Å². The van der Waals surface area contributed by atoms with Crippen LogP contribution in [-0.2, 0) is 13.1 Å². The molecule has 0 fully saturated rings. The summed E-state index contributed by atoms with van der Waals surface area (Å²) in [6.45, 7) is -1.01. The SMILES string of the molecule is NCc1ccnn1CC(F)(F)F. The van der Waals surface area contributed by atoms with E-state index in [1.54, 1.807) is 0 Å². The van der Waals surface area contributed by atoms with Gasteiger partial charge in [0.15, 0.2) is 0 Å². The zero-order valence-electron chi connectivity index (χ0n) is 6.17. The molecule has 3 nitrogen and oxygen atoms in total. The number of halogens is 3. The van der Waals surface area contributed by atoms with E-state index in [1.807, 2.05) is 0 Å². The largest absolute Gasteiger partial charge is 0.408 e. The van der Waals surface area contributed by atoms with Crippen molar-refractivity contribution in [2.75, 3.05) is 0 Å². The average molecular weight is 179 g/mol. The predicted octanol–water partition coefficient (Wildman–Crippen LogP) is 0.904. The first-order valence-corrected chi connectivity index (χ1v) is 3.30. The molecule has 1 aromatic heterocycles. The van der Waals surface area contributed by atoms with Gasteiger partial charge < -0.3 is 5.73 Å². The van der Waals surface area contributed by atoms with E-state index in [-0.39, 0.29) is 6.54 Å². The minimum Gasteiger partial charge on any atom is -0.325 e. The van der Waals surface area contributed by atoms with Gasteiger partial charge in [-0.25, -0.2) is 0 Å². The van der Waals surface area contributed by atoms with Gasteiger partial charge >= 0.3 is 6.18 Å². The van der Waals surface area contributed by atoms with Crippen molar-refractivity contribution in [1.29, 1.82) is 0 Å². The van der Waals surface area contributed by atoms with Crippen LogP contribution in [0.3, 0.4) is 0 Å². The number of nitrogens with two attached hydrogens (primary N) is 1. The Morgan fingerprint density at radius 3 is 2.67 bits per heavy atom. The third-order valence-corrected chi connectivity index (χ3v) is 1.34. The Labute approximate surface area is 67.0 Å². The fraction of sp³-hybridized carbons (Fsp3) is 0.500. The lowest BCUT2D eigenvalue weighted by Gasteiger charge is -2.08. The van der Waals surface area contributed by atoms with E-state index in [1.165, 1.54) is 12.3 Å². The number of rotatable bonds is 2. The van der Waals surface area contributed by atoms with E-state index in [2.05, 4.69) is 5.10 Å². The fourth-order valence-electron chi connectivity index (χ4n) is 0.846. The van der Waals surface area contributed by atoms with Gasteiger partial charge in [0.2, 0.25) is 0 Å². The van der Waals surface area contributed by atoms with Crippen molar-refractivity contribution < 1.29 is 13.2 Å². The molecule has 1 heterocycles. The first-order chi connectivity index (χ1) is 5.53. The molecule has 0 unspecified atom stereocenters. The third kappa shape index (κ3) is 2.23. The maximum absolute atomic E-state index is 11.8. The Balaban J connectivity index is 2.75. The summed E-state index contributed by atoms with van der Waals surface area (Å²) in [5.74, 6) is 0. The first kappa shape index (κ1) is 9.05. The van der Waals surface area contributed by atoms with Gasteiger partial charge in [-0.2, -0.15) is 18.3 Å². The van der Waals surface area contributed by atoms with E-state index in [4.69, 9.17) is 5.73 Å². The standard InChI is InChI=1S/C6H8F3N3/c7-6(8,9)4-12-5(3-10)1-2-11-12/h1-2H,3-4,10H2. The van der Waals surface area contributed by atoms with Crippen LogP contribution in [0.2, 0.25) is 0 Å². The fourth-order valence-corrected chi connectivity index (χ4v) is 0.846. The third-order valence-electron chi connectivity index (χ3n) is 1.34. The molecule has 0 atom stereocenters. The summed E-state index contributed by atoms with van der Waals surface area (Å²) in [6, 6.07) is 1.46. The van der Waals surface area contributed by atoms with E-state index >= 15 is 0 Å². The summed E-state index contributed by atoms with van der Waals surface area (Å²) < 4.78 is 36.3. The lowest BCUT2D eigenvalue weighted by atomic mass is 10.4. The van der Waals surface area contributed by atoms with E-state index in [9.17, 15) is 13.2 Å². The van der Waals surface area contributed by atoms with Crippen LogP contribution in [0.15, 0.2) is 12.3 Å². The number of aromatic nitrogens is 2. The van der Waals surface area contributed by atoms with Crippen LogP contribution in [-0.4, -0.2) is 16.0 Å². The zero-order chi connectivity index (χ0) is 9.19. The molecule has 0 aliphatic heterocycles. The monoisotopic (exact) mass is 179 g/mol. The summed E-state index contributed by atoms with van der Waals surface area (Å²) in [5, 5.41) is 3.49.